The second-order valence-electron chi connectivity index (χ2n) is 6.75. The summed E-state index contributed by atoms with van der Waals surface area (Å²) in [4.78, 5) is 15.3. The highest BCUT2D eigenvalue weighted by Gasteiger charge is 2.35. The Morgan fingerprint density at radius 3 is 2.88 bits per heavy atom. The summed E-state index contributed by atoms with van der Waals surface area (Å²) in [6.07, 6.45) is 4.60. The molecule has 0 spiro atoms. The third-order valence-electron chi connectivity index (χ3n) is 5.29. The number of amides is 1. The van der Waals surface area contributed by atoms with Crippen molar-refractivity contribution < 1.29 is 9.18 Å². The number of hydrogen-bond donors (Lipinski definition) is 0. The molecule has 134 valence electrons. The highest BCUT2D eigenvalue weighted by Crippen LogP contribution is 2.35. The van der Waals surface area contributed by atoms with Crippen molar-refractivity contribution in [1.29, 1.82) is 0 Å². The number of rotatable bonds is 4. The Kier molecular flexibility index (Phi) is 5.69. The average molecular weight is 382 g/mol. The van der Waals surface area contributed by atoms with Crippen LogP contribution < -0.4 is 0 Å². The highest BCUT2D eigenvalue weighted by molar-refractivity contribution is 7.07. The molecule has 0 radical (unpaired) electrons. The molecule has 3 rings (SSSR count). The molecule has 1 aliphatic carbocycles. The molecule has 1 amide bonds. The summed E-state index contributed by atoms with van der Waals surface area (Å²) in [6.45, 7) is 4.54. The molecule has 0 aliphatic heterocycles. The van der Waals surface area contributed by atoms with E-state index in [1.807, 2.05) is 0 Å². The minimum Gasteiger partial charge on any atom is -0.330 e. The zero-order valence-electron chi connectivity index (χ0n) is 14.3. The van der Waals surface area contributed by atoms with Gasteiger partial charge in [0.25, 0.3) is 5.91 Å². The topological polar surface area (TPSA) is 46.1 Å². The lowest BCUT2D eigenvalue weighted by atomic mass is 9.77. The SMILES string of the molecule is CC1CCCC(N(Cc2c(F)cccc2Cl)C(=O)c2cnns2)C1C. The van der Waals surface area contributed by atoms with Crippen molar-refractivity contribution in [3.63, 3.8) is 0 Å². The van der Waals surface area contributed by atoms with Gasteiger partial charge in [0.1, 0.15) is 10.7 Å². The van der Waals surface area contributed by atoms with Gasteiger partial charge in [-0.2, -0.15) is 0 Å². The van der Waals surface area contributed by atoms with Crippen LogP contribution in [0.15, 0.2) is 24.4 Å². The van der Waals surface area contributed by atoms with E-state index in [9.17, 15) is 9.18 Å². The predicted octanol–water partition coefficient (Wildman–Crippen LogP) is 4.80. The number of benzene rings is 1. The summed E-state index contributed by atoms with van der Waals surface area (Å²) in [6, 6.07) is 4.66. The molecule has 1 heterocycles. The summed E-state index contributed by atoms with van der Waals surface area (Å²) < 4.78 is 18.1. The van der Waals surface area contributed by atoms with E-state index in [0.717, 1.165) is 30.8 Å². The van der Waals surface area contributed by atoms with Crippen molar-refractivity contribution in [2.45, 2.75) is 45.7 Å². The summed E-state index contributed by atoms with van der Waals surface area (Å²) in [5.41, 5.74) is 0.361. The lowest BCUT2D eigenvalue weighted by Crippen LogP contribution is -2.46. The second kappa shape index (κ2) is 7.79. The van der Waals surface area contributed by atoms with Crippen LogP contribution >= 0.6 is 23.1 Å². The Bertz CT molecular complexity index is 720. The van der Waals surface area contributed by atoms with E-state index in [2.05, 4.69) is 23.4 Å². The number of nitrogens with zero attached hydrogens (tertiary/aromatic N) is 3. The van der Waals surface area contributed by atoms with Crippen molar-refractivity contribution in [3.05, 3.63) is 45.7 Å². The molecule has 0 bridgehead atoms. The van der Waals surface area contributed by atoms with Crippen LogP contribution in [0.4, 0.5) is 4.39 Å². The number of aromatic nitrogens is 2. The molecule has 1 saturated carbocycles. The fourth-order valence-corrected chi connectivity index (χ4v) is 4.28. The van der Waals surface area contributed by atoms with Crippen molar-refractivity contribution in [1.82, 2.24) is 14.5 Å². The van der Waals surface area contributed by atoms with Crippen molar-refractivity contribution in [3.8, 4) is 0 Å². The number of halogens is 2. The Balaban J connectivity index is 1.95. The van der Waals surface area contributed by atoms with Crippen LogP contribution in [0.25, 0.3) is 0 Å². The number of carbonyl (C=O) groups excluding carboxylic acids is 1. The first-order valence-corrected chi connectivity index (χ1v) is 9.65. The minimum atomic E-state index is -0.385. The van der Waals surface area contributed by atoms with Gasteiger partial charge in [-0.15, -0.1) is 5.10 Å². The van der Waals surface area contributed by atoms with Gasteiger partial charge in [-0.05, 0) is 41.9 Å². The third kappa shape index (κ3) is 3.85. The zero-order valence-corrected chi connectivity index (χ0v) is 15.9. The van der Waals surface area contributed by atoms with Gasteiger partial charge in [0.2, 0.25) is 0 Å². The molecular weight excluding hydrogens is 361 g/mol. The van der Waals surface area contributed by atoms with Crippen molar-refractivity contribution in [2.75, 3.05) is 0 Å². The van der Waals surface area contributed by atoms with Gasteiger partial charge in [0.05, 0.1) is 12.7 Å². The van der Waals surface area contributed by atoms with Crippen LogP contribution in [-0.4, -0.2) is 26.4 Å². The van der Waals surface area contributed by atoms with Crippen molar-refractivity contribution >= 4 is 29.0 Å². The smallest absolute Gasteiger partial charge is 0.267 e. The summed E-state index contributed by atoms with van der Waals surface area (Å²) in [7, 11) is 0. The quantitative estimate of drug-likeness (QED) is 0.764. The molecule has 3 atom stereocenters. The molecule has 0 N–H and O–H groups in total. The number of hydrogen-bond acceptors (Lipinski definition) is 4. The highest BCUT2D eigenvalue weighted by atomic mass is 35.5. The molecule has 1 aliphatic rings. The van der Waals surface area contributed by atoms with Crippen LogP contribution in [0.5, 0.6) is 0 Å². The molecular formula is C18H21ClFN3OS. The van der Waals surface area contributed by atoms with E-state index in [1.165, 1.54) is 12.3 Å². The van der Waals surface area contributed by atoms with Crippen LogP contribution in [-0.2, 0) is 6.54 Å². The van der Waals surface area contributed by atoms with Gasteiger partial charge in [-0.1, -0.05) is 48.8 Å². The van der Waals surface area contributed by atoms with Crippen LogP contribution in [0.3, 0.4) is 0 Å². The molecule has 7 heteroatoms. The van der Waals surface area contributed by atoms with E-state index in [1.54, 1.807) is 17.0 Å². The van der Waals surface area contributed by atoms with Gasteiger partial charge in [-0.3, -0.25) is 4.79 Å². The van der Waals surface area contributed by atoms with E-state index in [4.69, 9.17) is 11.6 Å². The Morgan fingerprint density at radius 2 is 2.20 bits per heavy atom. The maximum absolute atomic E-state index is 14.3. The van der Waals surface area contributed by atoms with Gasteiger partial charge >= 0.3 is 0 Å². The lowest BCUT2D eigenvalue weighted by Gasteiger charge is -2.41. The first-order valence-electron chi connectivity index (χ1n) is 8.50. The largest absolute Gasteiger partial charge is 0.330 e. The Hall–Kier alpha value is -1.53. The van der Waals surface area contributed by atoms with Crippen LogP contribution in [0.1, 0.15) is 48.3 Å². The van der Waals surface area contributed by atoms with E-state index >= 15 is 0 Å². The molecule has 1 aromatic heterocycles. The molecule has 3 unspecified atom stereocenters. The summed E-state index contributed by atoms with van der Waals surface area (Å²) >= 11 is 7.27. The minimum absolute atomic E-state index is 0.0500. The molecule has 1 aromatic carbocycles. The zero-order chi connectivity index (χ0) is 18.0. The maximum atomic E-state index is 14.3. The first kappa shape index (κ1) is 18.3. The maximum Gasteiger partial charge on any atom is 0.267 e. The molecule has 2 aromatic rings. The third-order valence-corrected chi connectivity index (χ3v) is 6.29. The molecule has 0 saturated heterocycles. The normalized spacial score (nSPS) is 23.4. The van der Waals surface area contributed by atoms with Crippen molar-refractivity contribution in [2.24, 2.45) is 11.8 Å². The second-order valence-corrected chi connectivity index (χ2v) is 7.94. The predicted molar refractivity (Wildman–Crippen MR) is 97.2 cm³/mol. The van der Waals surface area contributed by atoms with E-state index in [-0.39, 0.29) is 24.3 Å². The monoisotopic (exact) mass is 381 g/mol. The van der Waals surface area contributed by atoms with E-state index < -0.39 is 0 Å². The van der Waals surface area contributed by atoms with E-state index in [0.29, 0.717) is 27.3 Å². The molecule has 25 heavy (non-hydrogen) atoms. The fourth-order valence-electron chi connectivity index (χ4n) is 3.59. The molecule has 4 nitrogen and oxygen atoms in total. The average Bonchev–Trinajstić information content (AvgIpc) is 3.12. The van der Waals surface area contributed by atoms with Crippen LogP contribution in [0.2, 0.25) is 5.02 Å². The summed E-state index contributed by atoms with van der Waals surface area (Å²) in [5.74, 6) is 0.318. The van der Waals surface area contributed by atoms with Gasteiger partial charge < -0.3 is 4.90 Å². The van der Waals surface area contributed by atoms with Gasteiger partial charge in [0, 0.05) is 16.6 Å². The number of carbonyl (C=O) groups is 1. The van der Waals surface area contributed by atoms with Gasteiger partial charge in [0.15, 0.2) is 0 Å². The Labute approximate surface area is 156 Å². The summed E-state index contributed by atoms with van der Waals surface area (Å²) in [5, 5.41) is 4.11. The Morgan fingerprint density at radius 1 is 1.40 bits per heavy atom. The standard InChI is InChI=1S/C18H21ClFN3OS/c1-11-5-3-8-16(12(11)2)23(18(24)17-9-21-22-25-17)10-13-14(19)6-4-7-15(13)20/h4,6-7,9,11-12,16H,3,5,8,10H2,1-2H3. The fraction of sp³-hybridized carbons (Fsp3) is 0.500. The van der Waals surface area contributed by atoms with Crippen LogP contribution in [0, 0.1) is 17.7 Å². The van der Waals surface area contributed by atoms with Gasteiger partial charge in [-0.25, -0.2) is 4.39 Å². The first-order chi connectivity index (χ1) is 12.0. The lowest BCUT2D eigenvalue weighted by molar-refractivity contribution is 0.0451. The molecule has 1 fully saturated rings.